The van der Waals surface area contributed by atoms with Crippen LogP contribution in [-0.2, 0) is 4.74 Å². The Kier molecular flexibility index (Phi) is 3.97. The van der Waals surface area contributed by atoms with Crippen LogP contribution < -0.4 is 0 Å². The van der Waals surface area contributed by atoms with Crippen molar-refractivity contribution in [2.24, 2.45) is 0 Å². The van der Waals surface area contributed by atoms with Gasteiger partial charge in [-0.15, -0.1) is 0 Å². The van der Waals surface area contributed by atoms with Crippen LogP contribution in [0.5, 0.6) is 0 Å². The molecule has 1 aromatic rings. The fraction of sp³-hybridized carbons (Fsp3) is 0.364. The van der Waals surface area contributed by atoms with Gasteiger partial charge in [-0.1, -0.05) is 11.6 Å². The SMILES string of the molecule is CC(C)(C)OC(=O)c1cc(Br)c(F)cc1Cl. The molecule has 0 aromatic heterocycles. The molecule has 0 aliphatic heterocycles. The first-order chi connectivity index (χ1) is 7.20. The topological polar surface area (TPSA) is 26.3 Å². The highest BCUT2D eigenvalue weighted by Crippen LogP contribution is 2.26. The molecule has 1 rings (SSSR count). The maximum atomic E-state index is 13.1. The summed E-state index contributed by atoms with van der Waals surface area (Å²) in [5.41, 5.74) is -0.466. The Hall–Kier alpha value is -0.610. The first-order valence-corrected chi connectivity index (χ1v) is 5.75. The van der Waals surface area contributed by atoms with Gasteiger partial charge in [0.05, 0.1) is 15.1 Å². The van der Waals surface area contributed by atoms with E-state index in [0.717, 1.165) is 6.07 Å². The normalized spacial score (nSPS) is 11.4. The lowest BCUT2D eigenvalue weighted by Gasteiger charge is -2.19. The monoisotopic (exact) mass is 308 g/mol. The number of ether oxygens (including phenoxy) is 1. The van der Waals surface area contributed by atoms with Crippen LogP contribution in [0.4, 0.5) is 4.39 Å². The first kappa shape index (κ1) is 13.5. The van der Waals surface area contributed by atoms with Crippen LogP contribution in [-0.4, -0.2) is 11.6 Å². The predicted molar refractivity (Wildman–Crippen MR) is 64.3 cm³/mol. The summed E-state index contributed by atoms with van der Waals surface area (Å²) in [6.45, 7) is 5.24. The predicted octanol–water partition coefficient (Wildman–Crippen LogP) is 4.20. The van der Waals surface area contributed by atoms with E-state index < -0.39 is 17.4 Å². The Balaban J connectivity index is 3.05. The molecule has 0 aliphatic carbocycles. The molecule has 0 atom stereocenters. The third kappa shape index (κ3) is 3.46. The molecule has 0 fully saturated rings. The van der Waals surface area contributed by atoms with Crippen molar-refractivity contribution in [3.05, 3.63) is 33.0 Å². The summed E-state index contributed by atoms with van der Waals surface area (Å²) in [6.07, 6.45) is 0. The highest BCUT2D eigenvalue weighted by Gasteiger charge is 2.21. The van der Waals surface area contributed by atoms with E-state index in [1.165, 1.54) is 6.07 Å². The highest BCUT2D eigenvalue weighted by molar-refractivity contribution is 9.10. The van der Waals surface area contributed by atoms with Crippen LogP contribution in [0.2, 0.25) is 5.02 Å². The highest BCUT2D eigenvalue weighted by atomic mass is 79.9. The Morgan fingerprint density at radius 2 is 2.00 bits per heavy atom. The number of esters is 1. The van der Waals surface area contributed by atoms with E-state index in [9.17, 15) is 9.18 Å². The van der Waals surface area contributed by atoms with Gasteiger partial charge in [0.1, 0.15) is 11.4 Å². The standard InChI is InChI=1S/C11H11BrClFO2/c1-11(2,3)16-10(15)6-4-7(12)9(14)5-8(6)13/h4-5H,1-3H3. The second kappa shape index (κ2) is 4.72. The molecule has 0 radical (unpaired) electrons. The Morgan fingerprint density at radius 1 is 1.44 bits per heavy atom. The van der Waals surface area contributed by atoms with Crippen LogP contribution >= 0.6 is 27.5 Å². The second-order valence-electron chi connectivity index (χ2n) is 4.25. The van der Waals surface area contributed by atoms with Crippen LogP contribution in [0.3, 0.4) is 0 Å². The minimum absolute atomic E-state index is 0.0370. The number of halogens is 3. The minimum atomic E-state index is -0.610. The molecule has 0 saturated heterocycles. The first-order valence-electron chi connectivity index (χ1n) is 4.58. The van der Waals surface area contributed by atoms with E-state index in [-0.39, 0.29) is 15.1 Å². The van der Waals surface area contributed by atoms with Crippen LogP contribution in [0, 0.1) is 5.82 Å². The van der Waals surface area contributed by atoms with Crippen molar-refractivity contribution in [2.45, 2.75) is 26.4 Å². The Bertz CT molecular complexity index is 427. The molecule has 0 aliphatic rings. The molecule has 88 valence electrons. The molecule has 0 unspecified atom stereocenters. The number of hydrogen-bond donors (Lipinski definition) is 0. The van der Waals surface area contributed by atoms with E-state index >= 15 is 0 Å². The van der Waals surface area contributed by atoms with E-state index in [4.69, 9.17) is 16.3 Å². The summed E-state index contributed by atoms with van der Waals surface area (Å²) in [4.78, 5) is 11.7. The minimum Gasteiger partial charge on any atom is -0.456 e. The molecule has 0 bridgehead atoms. The molecule has 0 N–H and O–H groups in total. The zero-order chi connectivity index (χ0) is 12.5. The van der Waals surface area contributed by atoms with Gasteiger partial charge in [0.2, 0.25) is 0 Å². The maximum Gasteiger partial charge on any atom is 0.340 e. The van der Waals surface area contributed by atoms with Gasteiger partial charge in [-0.25, -0.2) is 9.18 Å². The van der Waals surface area contributed by atoms with Crippen molar-refractivity contribution in [1.29, 1.82) is 0 Å². The van der Waals surface area contributed by atoms with Crippen LogP contribution in [0.1, 0.15) is 31.1 Å². The van der Waals surface area contributed by atoms with Crippen molar-refractivity contribution in [3.63, 3.8) is 0 Å². The molecular weight excluding hydrogens is 298 g/mol. The lowest BCUT2D eigenvalue weighted by Crippen LogP contribution is -2.24. The fourth-order valence-corrected chi connectivity index (χ4v) is 1.58. The summed E-state index contributed by atoms with van der Waals surface area (Å²) in [5, 5.41) is 0.0370. The Morgan fingerprint density at radius 3 is 2.50 bits per heavy atom. The summed E-state index contributed by atoms with van der Waals surface area (Å²) >= 11 is 8.75. The summed E-state index contributed by atoms with van der Waals surface area (Å²) in [6, 6.07) is 2.39. The lowest BCUT2D eigenvalue weighted by atomic mass is 10.1. The molecule has 5 heteroatoms. The number of rotatable bonds is 1. The number of hydrogen-bond acceptors (Lipinski definition) is 2. The van der Waals surface area contributed by atoms with Crippen molar-refractivity contribution in [2.75, 3.05) is 0 Å². The molecule has 1 aromatic carbocycles. The molecule has 0 heterocycles. The second-order valence-corrected chi connectivity index (χ2v) is 5.51. The van der Waals surface area contributed by atoms with Gasteiger partial charge >= 0.3 is 5.97 Å². The van der Waals surface area contributed by atoms with Crippen molar-refractivity contribution < 1.29 is 13.9 Å². The van der Waals surface area contributed by atoms with Gasteiger partial charge in [0, 0.05) is 0 Å². The van der Waals surface area contributed by atoms with Crippen LogP contribution in [0.15, 0.2) is 16.6 Å². The number of benzene rings is 1. The van der Waals surface area contributed by atoms with E-state index in [2.05, 4.69) is 15.9 Å². The third-order valence-electron chi connectivity index (χ3n) is 1.63. The van der Waals surface area contributed by atoms with Gasteiger partial charge in [-0.3, -0.25) is 0 Å². The van der Waals surface area contributed by atoms with E-state index in [1.807, 2.05) is 0 Å². The largest absolute Gasteiger partial charge is 0.456 e. The van der Waals surface area contributed by atoms with Crippen molar-refractivity contribution >= 4 is 33.5 Å². The third-order valence-corrected chi connectivity index (χ3v) is 2.55. The summed E-state index contributed by atoms with van der Waals surface area (Å²) < 4.78 is 18.4. The van der Waals surface area contributed by atoms with Gasteiger partial charge in [0.15, 0.2) is 0 Å². The maximum absolute atomic E-state index is 13.1. The smallest absolute Gasteiger partial charge is 0.340 e. The molecule has 0 spiro atoms. The summed E-state index contributed by atoms with van der Waals surface area (Å²) in [7, 11) is 0. The molecular formula is C11H11BrClFO2. The zero-order valence-electron chi connectivity index (χ0n) is 9.11. The van der Waals surface area contributed by atoms with E-state index in [0.29, 0.717) is 0 Å². The lowest BCUT2D eigenvalue weighted by molar-refractivity contribution is 0.00696. The molecule has 0 amide bonds. The molecule has 0 saturated carbocycles. The van der Waals surface area contributed by atoms with Crippen molar-refractivity contribution in [3.8, 4) is 0 Å². The zero-order valence-corrected chi connectivity index (χ0v) is 11.4. The van der Waals surface area contributed by atoms with Gasteiger partial charge in [-0.2, -0.15) is 0 Å². The quantitative estimate of drug-likeness (QED) is 0.574. The number of carbonyl (C=O) groups is 1. The van der Waals surface area contributed by atoms with E-state index in [1.54, 1.807) is 20.8 Å². The Labute approximate surface area is 107 Å². The van der Waals surface area contributed by atoms with Gasteiger partial charge in [-0.05, 0) is 48.8 Å². The molecule has 2 nitrogen and oxygen atoms in total. The van der Waals surface area contributed by atoms with Gasteiger partial charge < -0.3 is 4.74 Å². The van der Waals surface area contributed by atoms with Crippen LogP contribution in [0.25, 0.3) is 0 Å². The fourth-order valence-electron chi connectivity index (χ4n) is 1.01. The molecule has 16 heavy (non-hydrogen) atoms. The average Bonchev–Trinajstić information content (AvgIpc) is 2.08. The van der Waals surface area contributed by atoms with Gasteiger partial charge in [0.25, 0.3) is 0 Å². The summed E-state index contributed by atoms with van der Waals surface area (Å²) in [5.74, 6) is -1.09. The number of carbonyl (C=O) groups excluding carboxylic acids is 1. The van der Waals surface area contributed by atoms with Crippen molar-refractivity contribution in [1.82, 2.24) is 0 Å². The average molecular weight is 310 g/mol.